The number of thioether (sulfide) groups is 1. The lowest BCUT2D eigenvalue weighted by Gasteiger charge is -2.26. The van der Waals surface area contributed by atoms with Gasteiger partial charge in [0.05, 0.1) is 30.1 Å². The van der Waals surface area contributed by atoms with Crippen molar-refractivity contribution >= 4 is 33.7 Å². The predicted octanol–water partition coefficient (Wildman–Crippen LogP) is -0.691. The number of morpholine rings is 1. The number of carbonyl (C=O) groups is 2. The van der Waals surface area contributed by atoms with Crippen molar-refractivity contribution in [2.45, 2.75) is 17.4 Å². The molecule has 0 aromatic heterocycles. The normalized spacial score (nSPS) is 16.8. The molecular formula is C16H21N2O6S2-. The van der Waals surface area contributed by atoms with Gasteiger partial charge in [-0.1, -0.05) is 6.07 Å². The molecule has 26 heavy (non-hydrogen) atoms. The summed E-state index contributed by atoms with van der Waals surface area (Å²) in [4.78, 5) is 23.5. The van der Waals surface area contributed by atoms with Crippen molar-refractivity contribution in [3.05, 3.63) is 29.8 Å². The van der Waals surface area contributed by atoms with Crippen molar-refractivity contribution in [3.8, 4) is 0 Å². The molecule has 1 fully saturated rings. The Hall–Kier alpha value is -1.62. The first-order chi connectivity index (χ1) is 12.4. The Morgan fingerprint density at radius 3 is 2.65 bits per heavy atom. The van der Waals surface area contributed by atoms with Gasteiger partial charge in [-0.3, -0.25) is 4.79 Å². The van der Waals surface area contributed by atoms with Gasteiger partial charge in [0, 0.05) is 18.7 Å². The monoisotopic (exact) mass is 401 g/mol. The number of carboxylic acid groups (broad SMARTS) is 1. The average Bonchev–Trinajstić information content (AvgIpc) is 2.65. The second-order valence-electron chi connectivity index (χ2n) is 5.67. The second kappa shape index (κ2) is 9.36. The first-order valence-electron chi connectivity index (χ1n) is 8.05. The molecule has 10 heteroatoms. The van der Waals surface area contributed by atoms with Gasteiger partial charge in [-0.25, -0.2) is 8.42 Å². The van der Waals surface area contributed by atoms with Gasteiger partial charge in [0.25, 0.3) is 5.91 Å². The summed E-state index contributed by atoms with van der Waals surface area (Å²) in [5, 5.41) is 13.5. The number of benzene rings is 1. The van der Waals surface area contributed by atoms with Crippen LogP contribution in [0.2, 0.25) is 0 Å². The van der Waals surface area contributed by atoms with Gasteiger partial charge in [0.1, 0.15) is 0 Å². The van der Waals surface area contributed by atoms with Gasteiger partial charge in [-0.2, -0.15) is 16.1 Å². The Morgan fingerprint density at radius 2 is 2.04 bits per heavy atom. The summed E-state index contributed by atoms with van der Waals surface area (Å²) in [6, 6.07) is 4.42. The number of carboxylic acids is 1. The molecule has 1 aliphatic heterocycles. The standard InChI is InChI=1S/C16H22N2O6S2/c1-25-10-5-14(16(20)21)17-15(19)12-3-2-4-13(11-12)26(22,23)18-6-8-24-9-7-18/h2-4,11,14H,5-10H2,1H3,(H,17,19)(H,20,21)/p-1/t14-/m1/s1. The fourth-order valence-electron chi connectivity index (χ4n) is 2.46. The Labute approximate surface area is 156 Å². The Morgan fingerprint density at radius 1 is 1.35 bits per heavy atom. The molecule has 0 bridgehead atoms. The fraction of sp³-hybridized carbons (Fsp3) is 0.500. The summed E-state index contributed by atoms with van der Waals surface area (Å²) in [7, 11) is -3.74. The predicted molar refractivity (Wildman–Crippen MR) is 95.3 cm³/mol. The van der Waals surface area contributed by atoms with Crippen LogP contribution in [0, 0.1) is 0 Å². The van der Waals surface area contributed by atoms with E-state index < -0.39 is 27.9 Å². The lowest BCUT2D eigenvalue weighted by molar-refractivity contribution is -0.308. The molecule has 144 valence electrons. The summed E-state index contributed by atoms with van der Waals surface area (Å²) in [5.74, 6) is -1.48. The maximum Gasteiger partial charge on any atom is 0.251 e. The molecule has 1 N–H and O–H groups in total. The van der Waals surface area contributed by atoms with Gasteiger partial charge < -0.3 is 20.0 Å². The third-order valence-electron chi connectivity index (χ3n) is 3.90. The first-order valence-corrected chi connectivity index (χ1v) is 10.9. The summed E-state index contributed by atoms with van der Waals surface area (Å²) in [6.45, 7) is 1.14. The maximum absolute atomic E-state index is 12.7. The Kier molecular flexibility index (Phi) is 7.44. The minimum absolute atomic E-state index is 0.0128. The van der Waals surface area contributed by atoms with Crippen molar-refractivity contribution < 1.29 is 27.9 Å². The van der Waals surface area contributed by atoms with Gasteiger partial charge in [-0.05, 0) is 36.6 Å². The molecule has 1 aromatic carbocycles. The molecule has 1 amide bonds. The number of sulfonamides is 1. The molecule has 0 radical (unpaired) electrons. The highest BCUT2D eigenvalue weighted by Crippen LogP contribution is 2.18. The van der Waals surface area contributed by atoms with Crippen LogP contribution in [0.25, 0.3) is 0 Å². The zero-order valence-corrected chi connectivity index (χ0v) is 16.0. The number of rotatable bonds is 8. The molecular weight excluding hydrogens is 380 g/mol. The minimum atomic E-state index is -3.74. The van der Waals surface area contributed by atoms with E-state index in [2.05, 4.69) is 5.32 Å². The van der Waals surface area contributed by atoms with Crippen molar-refractivity contribution in [1.82, 2.24) is 9.62 Å². The minimum Gasteiger partial charge on any atom is -0.548 e. The van der Waals surface area contributed by atoms with Gasteiger partial charge >= 0.3 is 0 Å². The van der Waals surface area contributed by atoms with Crippen LogP contribution in [0.15, 0.2) is 29.2 Å². The van der Waals surface area contributed by atoms with E-state index in [1.54, 1.807) is 0 Å². The van der Waals surface area contributed by atoms with E-state index in [4.69, 9.17) is 4.74 Å². The molecule has 0 spiro atoms. The quantitative estimate of drug-likeness (QED) is 0.613. The number of nitrogens with one attached hydrogen (secondary N) is 1. The molecule has 1 aromatic rings. The number of carbonyl (C=O) groups excluding carboxylic acids is 2. The molecule has 0 saturated carbocycles. The lowest BCUT2D eigenvalue weighted by atomic mass is 10.1. The van der Waals surface area contributed by atoms with Crippen molar-refractivity contribution in [1.29, 1.82) is 0 Å². The Bertz CT molecular complexity index is 747. The maximum atomic E-state index is 12.7. The number of amides is 1. The third-order valence-corrected chi connectivity index (χ3v) is 6.44. The van der Waals surface area contributed by atoms with E-state index in [-0.39, 0.29) is 30.0 Å². The van der Waals surface area contributed by atoms with Crippen LogP contribution in [-0.2, 0) is 19.6 Å². The zero-order chi connectivity index (χ0) is 19.2. The highest BCUT2D eigenvalue weighted by Gasteiger charge is 2.27. The number of hydrogen-bond donors (Lipinski definition) is 1. The average molecular weight is 401 g/mol. The molecule has 1 saturated heterocycles. The number of aliphatic carboxylic acids is 1. The molecule has 1 atom stereocenters. The molecule has 2 rings (SSSR count). The van der Waals surface area contributed by atoms with E-state index >= 15 is 0 Å². The number of ether oxygens (including phenoxy) is 1. The third kappa shape index (κ3) is 5.19. The van der Waals surface area contributed by atoms with Crippen LogP contribution in [0.5, 0.6) is 0 Å². The van der Waals surface area contributed by atoms with E-state index in [1.165, 1.54) is 40.3 Å². The van der Waals surface area contributed by atoms with Crippen molar-refractivity contribution in [2.75, 3.05) is 38.3 Å². The highest BCUT2D eigenvalue weighted by atomic mass is 32.2. The zero-order valence-electron chi connectivity index (χ0n) is 14.3. The van der Waals surface area contributed by atoms with Crippen LogP contribution in [-0.4, -0.2) is 69.0 Å². The van der Waals surface area contributed by atoms with Crippen LogP contribution < -0.4 is 10.4 Å². The van der Waals surface area contributed by atoms with E-state index in [0.29, 0.717) is 19.0 Å². The number of nitrogens with zero attached hydrogens (tertiary/aromatic N) is 1. The van der Waals surface area contributed by atoms with Gasteiger partial charge in [0.15, 0.2) is 0 Å². The highest BCUT2D eigenvalue weighted by molar-refractivity contribution is 7.98. The topological polar surface area (TPSA) is 116 Å². The van der Waals surface area contributed by atoms with E-state index in [0.717, 1.165) is 0 Å². The summed E-state index contributed by atoms with van der Waals surface area (Å²) in [5.41, 5.74) is 0.0785. The van der Waals surface area contributed by atoms with E-state index in [9.17, 15) is 23.1 Å². The second-order valence-corrected chi connectivity index (χ2v) is 8.59. The lowest BCUT2D eigenvalue weighted by Crippen LogP contribution is -2.48. The van der Waals surface area contributed by atoms with Gasteiger partial charge in [0.2, 0.25) is 10.0 Å². The number of hydrogen-bond acceptors (Lipinski definition) is 7. The van der Waals surface area contributed by atoms with Crippen molar-refractivity contribution in [3.63, 3.8) is 0 Å². The molecule has 8 nitrogen and oxygen atoms in total. The van der Waals surface area contributed by atoms with Crippen LogP contribution >= 0.6 is 11.8 Å². The Balaban J connectivity index is 2.17. The van der Waals surface area contributed by atoms with Crippen LogP contribution in [0.3, 0.4) is 0 Å². The first kappa shape index (κ1) is 20.7. The van der Waals surface area contributed by atoms with Gasteiger partial charge in [-0.15, -0.1) is 0 Å². The largest absolute Gasteiger partial charge is 0.548 e. The fourth-order valence-corrected chi connectivity index (χ4v) is 4.39. The van der Waals surface area contributed by atoms with Crippen LogP contribution in [0.4, 0.5) is 0 Å². The van der Waals surface area contributed by atoms with E-state index in [1.807, 2.05) is 6.26 Å². The molecule has 0 aliphatic carbocycles. The molecule has 1 aliphatic rings. The SMILES string of the molecule is CSCC[C@@H](NC(=O)c1cccc(S(=O)(=O)N2CCOCC2)c1)C(=O)[O-]. The van der Waals surface area contributed by atoms with Crippen LogP contribution in [0.1, 0.15) is 16.8 Å². The molecule has 1 heterocycles. The summed E-state index contributed by atoms with van der Waals surface area (Å²) < 4.78 is 31.8. The summed E-state index contributed by atoms with van der Waals surface area (Å²) >= 11 is 1.45. The smallest absolute Gasteiger partial charge is 0.251 e. The van der Waals surface area contributed by atoms with Crippen molar-refractivity contribution in [2.24, 2.45) is 0 Å². The molecule has 0 unspecified atom stereocenters. The summed E-state index contributed by atoms with van der Waals surface area (Å²) in [6.07, 6.45) is 2.05.